The van der Waals surface area contributed by atoms with E-state index in [9.17, 15) is 14.7 Å². The van der Waals surface area contributed by atoms with Crippen molar-refractivity contribution >= 4 is 51.5 Å². The molecule has 1 saturated heterocycles. The number of aliphatic imine (C=N–C) groups is 1. The number of carbonyl (C=O) groups excluding carboxylic acids is 1. The van der Waals surface area contributed by atoms with E-state index in [-0.39, 0.29) is 12.5 Å². The summed E-state index contributed by atoms with van der Waals surface area (Å²) >= 11 is 1.29. The number of ether oxygens (including phenoxy) is 1. The Kier molecular flexibility index (Phi) is 5.81. The number of hydrogen-bond donors (Lipinski definition) is 1. The molecule has 1 N–H and O–H groups in total. The maximum atomic E-state index is 12.8. The van der Waals surface area contributed by atoms with Gasteiger partial charge in [-0.05, 0) is 55.1 Å². The number of rotatable bonds is 6. The lowest BCUT2D eigenvalue weighted by atomic mass is 10.1. The van der Waals surface area contributed by atoms with Crippen LogP contribution in [0.15, 0.2) is 64.6 Å². The first-order valence-electron chi connectivity index (χ1n) is 9.75. The number of carboxylic acid groups (broad SMARTS) is 1. The number of thioether (sulfide) groups is 1. The van der Waals surface area contributed by atoms with Crippen molar-refractivity contribution in [2.45, 2.75) is 13.5 Å². The number of hydrogen-bond acceptors (Lipinski definition) is 5. The lowest BCUT2D eigenvalue weighted by Gasteiger charge is -2.07. The van der Waals surface area contributed by atoms with Gasteiger partial charge in [-0.3, -0.25) is 14.5 Å². The number of aliphatic carboxylic acids is 1. The first-order chi connectivity index (χ1) is 15.0. The van der Waals surface area contributed by atoms with E-state index in [2.05, 4.69) is 4.99 Å². The van der Waals surface area contributed by atoms with Crippen molar-refractivity contribution < 1.29 is 19.4 Å². The molecule has 1 aliphatic heterocycles. The number of nitrogens with zero attached hydrogens (tertiary/aromatic N) is 3. The minimum absolute atomic E-state index is 0.144. The summed E-state index contributed by atoms with van der Waals surface area (Å²) in [7, 11) is 1.69. The molecule has 0 aliphatic carbocycles. The van der Waals surface area contributed by atoms with Gasteiger partial charge in [0, 0.05) is 29.7 Å². The van der Waals surface area contributed by atoms with E-state index < -0.39 is 5.97 Å². The first kappa shape index (κ1) is 20.7. The van der Waals surface area contributed by atoms with Crippen LogP contribution in [0.2, 0.25) is 0 Å². The Morgan fingerprint density at radius 3 is 2.65 bits per heavy atom. The summed E-state index contributed by atoms with van der Waals surface area (Å²) in [5.41, 5.74) is 2.33. The fourth-order valence-electron chi connectivity index (χ4n) is 3.35. The highest BCUT2D eigenvalue weighted by molar-refractivity contribution is 8.18. The number of amidine groups is 1. The number of carboxylic acids is 1. The van der Waals surface area contributed by atoms with Crippen LogP contribution in [0.3, 0.4) is 0 Å². The molecule has 7 nitrogen and oxygen atoms in total. The van der Waals surface area contributed by atoms with Crippen molar-refractivity contribution in [2.24, 2.45) is 4.99 Å². The largest absolute Gasteiger partial charge is 0.494 e. The number of likely N-dealkylation sites (N-methyl/N-ethyl adjacent to an activating group) is 1. The Morgan fingerprint density at radius 1 is 1.19 bits per heavy atom. The molecule has 2 aromatic carbocycles. The number of amides is 1. The molecule has 2 heterocycles. The van der Waals surface area contributed by atoms with Gasteiger partial charge in [0.2, 0.25) is 0 Å². The summed E-state index contributed by atoms with van der Waals surface area (Å²) in [6, 6.07) is 14.9. The van der Waals surface area contributed by atoms with E-state index in [1.807, 2.05) is 55.5 Å². The van der Waals surface area contributed by atoms with E-state index in [1.165, 1.54) is 16.7 Å². The summed E-state index contributed by atoms with van der Waals surface area (Å²) in [6.07, 6.45) is 3.56. The van der Waals surface area contributed by atoms with Crippen molar-refractivity contribution in [1.82, 2.24) is 9.47 Å². The molecule has 1 fully saturated rings. The van der Waals surface area contributed by atoms with Gasteiger partial charge in [0.1, 0.15) is 12.3 Å². The average Bonchev–Trinajstić information content (AvgIpc) is 3.22. The molecule has 8 heteroatoms. The van der Waals surface area contributed by atoms with Crippen LogP contribution in [0.1, 0.15) is 12.5 Å². The molecule has 158 valence electrons. The maximum Gasteiger partial charge on any atom is 0.323 e. The third-order valence-corrected chi connectivity index (χ3v) is 5.85. The van der Waals surface area contributed by atoms with Gasteiger partial charge in [-0.1, -0.05) is 18.2 Å². The average molecular weight is 436 g/mol. The van der Waals surface area contributed by atoms with Crippen LogP contribution < -0.4 is 4.74 Å². The van der Waals surface area contributed by atoms with Crippen molar-refractivity contribution in [3.05, 3.63) is 65.2 Å². The summed E-state index contributed by atoms with van der Waals surface area (Å²) < 4.78 is 7.12. The highest BCUT2D eigenvalue weighted by Gasteiger charge is 2.30. The Labute approximate surface area is 183 Å². The number of para-hydroxylation sites is 1. The van der Waals surface area contributed by atoms with Gasteiger partial charge in [-0.15, -0.1) is 0 Å². The van der Waals surface area contributed by atoms with Crippen molar-refractivity contribution in [3.63, 3.8) is 0 Å². The monoisotopic (exact) mass is 435 g/mol. The summed E-state index contributed by atoms with van der Waals surface area (Å²) in [5, 5.41) is 10.7. The molecule has 1 aliphatic rings. The number of aromatic nitrogens is 1. The molecule has 3 aromatic rings. The molecular weight excluding hydrogens is 414 g/mol. The summed E-state index contributed by atoms with van der Waals surface area (Å²) in [4.78, 5) is 30.7. The van der Waals surface area contributed by atoms with Crippen LogP contribution in [0.5, 0.6) is 5.75 Å². The molecule has 0 radical (unpaired) electrons. The minimum Gasteiger partial charge on any atom is -0.494 e. The Balaban J connectivity index is 1.65. The Hall–Kier alpha value is -3.52. The molecule has 0 bridgehead atoms. The molecule has 0 saturated carbocycles. The third kappa shape index (κ3) is 4.34. The standard InChI is InChI=1S/C23H21N3O4S/c1-3-30-17-10-8-16(9-11-17)24-23-25(2)22(29)20(31-23)12-15-13-26(14-21(27)28)19-7-5-4-6-18(15)19/h4-13H,3,14H2,1-2H3,(H,27,28). The summed E-state index contributed by atoms with van der Waals surface area (Å²) in [5.74, 6) is -0.297. The number of benzene rings is 2. The van der Waals surface area contributed by atoms with E-state index in [0.717, 1.165) is 27.9 Å². The van der Waals surface area contributed by atoms with Crippen LogP contribution in [0.25, 0.3) is 17.0 Å². The highest BCUT2D eigenvalue weighted by Crippen LogP contribution is 2.35. The normalized spacial score (nSPS) is 16.6. The van der Waals surface area contributed by atoms with E-state index in [1.54, 1.807) is 23.9 Å². The molecule has 0 unspecified atom stereocenters. The maximum absolute atomic E-state index is 12.8. The van der Waals surface area contributed by atoms with Crippen molar-refractivity contribution in [1.29, 1.82) is 0 Å². The zero-order valence-electron chi connectivity index (χ0n) is 17.1. The zero-order valence-corrected chi connectivity index (χ0v) is 17.9. The lowest BCUT2D eigenvalue weighted by molar-refractivity contribution is -0.137. The number of carbonyl (C=O) groups is 2. The predicted molar refractivity (Wildman–Crippen MR) is 123 cm³/mol. The Bertz CT molecular complexity index is 1210. The molecule has 1 aromatic heterocycles. The molecule has 0 spiro atoms. The van der Waals surface area contributed by atoms with Crippen LogP contribution in [0.4, 0.5) is 5.69 Å². The van der Waals surface area contributed by atoms with E-state index in [0.29, 0.717) is 16.7 Å². The van der Waals surface area contributed by atoms with Gasteiger partial charge in [-0.25, -0.2) is 4.99 Å². The van der Waals surface area contributed by atoms with E-state index in [4.69, 9.17) is 4.74 Å². The second-order valence-electron chi connectivity index (χ2n) is 6.92. The van der Waals surface area contributed by atoms with Crippen molar-refractivity contribution in [2.75, 3.05) is 13.7 Å². The molecule has 1 amide bonds. The SMILES string of the molecule is CCOc1ccc(N=C2SC(=Cc3cn(CC(=O)O)c4ccccc34)C(=O)N2C)cc1. The quantitative estimate of drug-likeness (QED) is 0.582. The van der Waals surface area contributed by atoms with Gasteiger partial charge in [-0.2, -0.15) is 0 Å². The minimum atomic E-state index is -0.921. The van der Waals surface area contributed by atoms with Crippen LogP contribution in [0, 0.1) is 0 Å². The fraction of sp³-hybridized carbons (Fsp3) is 0.174. The van der Waals surface area contributed by atoms with Crippen molar-refractivity contribution in [3.8, 4) is 5.75 Å². The van der Waals surface area contributed by atoms with Crippen LogP contribution in [-0.4, -0.2) is 45.3 Å². The van der Waals surface area contributed by atoms with Gasteiger partial charge in [0.15, 0.2) is 5.17 Å². The lowest BCUT2D eigenvalue weighted by Crippen LogP contribution is -2.23. The van der Waals surface area contributed by atoms with Gasteiger partial charge in [0.25, 0.3) is 5.91 Å². The highest BCUT2D eigenvalue weighted by atomic mass is 32.2. The zero-order chi connectivity index (χ0) is 22.0. The molecule has 4 rings (SSSR count). The molecular formula is C23H21N3O4S. The fourth-order valence-corrected chi connectivity index (χ4v) is 4.33. The topological polar surface area (TPSA) is 84.1 Å². The number of fused-ring (bicyclic) bond motifs is 1. The third-order valence-electron chi connectivity index (χ3n) is 4.79. The first-order valence-corrected chi connectivity index (χ1v) is 10.6. The molecule has 0 atom stereocenters. The smallest absolute Gasteiger partial charge is 0.323 e. The Morgan fingerprint density at radius 2 is 1.94 bits per heavy atom. The molecule has 31 heavy (non-hydrogen) atoms. The van der Waals surface area contributed by atoms with Crippen LogP contribution in [-0.2, 0) is 16.1 Å². The van der Waals surface area contributed by atoms with Gasteiger partial charge < -0.3 is 14.4 Å². The predicted octanol–water partition coefficient (Wildman–Crippen LogP) is 4.36. The van der Waals surface area contributed by atoms with Crippen LogP contribution >= 0.6 is 11.8 Å². The summed E-state index contributed by atoms with van der Waals surface area (Å²) in [6.45, 7) is 2.38. The van der Waals surface area contributed by atoms with Gasteiger partial charge in [0.05, 0.1) is 17.2 Å². The second-order valence-corrected chi connectivity index (χ2v) is 7.93. The van der Waals surface area contributed by atoms with Gasteiger partial charge >= 0.3 is 5.97 Å². The van der Waals surface area contributed by atoms with E-state index >= 15 is 0 Å². The second kappa shape index (κ2) is 8.69.